The van der Waals surface area contributed by atoms with E-state index < -0.39 is 12.2 Å². The third-order valence-electron chi connectivity index (χ3n) is 3.81. The number of nitrogens with one attached hydrogen (secondary N) is 1. The molecule has 1 aliphatic rings. The molecule has 0 saturated carbocycles. The predicted molar refractivity (Wildman–Crippen MR) is 77.9 cm³/mol. The average Bonchev–Trinajstić information content (AvgIpc) is 2.92. The monoisotopic (exact) mass is 334 g/mol. The molecule has 0 aromatic carbocycles. The van der Waals surface area contributed by atoms with Gasteiger partial charge in [-0.3, -0.25) is 9.89 Å². The summed E-state index contributed by atoms with van der Waals surface area (Å²) in [5, 5.41) is 6.77. The summed E-state index contributed by atoms with van der Waals surface area (Å²) in [6, 6.07) is -1.43. The molecule has 1 unspecified atom stereocenters. The maximum absolute atomic E-state index is 12.8. The van der Waals surface area contributed by atoms with Crippen LogP contribution in [0.1, 0.15) is 18.6 Å². The van der Waals surface area contributed by atoms with Gasteiger partial charge in [-0.1, -0.05) is 5.16 Å². The predicted octanol–water partition coefficient (Wildman–Crippen LogP) is 1.02. The molecule has 23 heavy (non-hydrogen) atoms. The zero-order valence-corrected chi connectivity index (χ0v) is 13.4. The van der Waals surface area contributed by atoms with Crippen molar-refractivity contribution in [1.29, 1.82) is 0 Å². The molecule has 0 bridgehead atoms. The number of aliphatic imine (C=N–C) groups is 1. The highest BCUT2D eigenvalue weighted by Gasteiger charge is 2.41. The van der Waals surface area contributed by atoms with Crippen LogP contribution >= 0.6 is 0 Å². The van der Waals surface area contributed by atoms with Crippen molar-refractivity contribution >= 4 is 5.96 Å². The van der Waals surface area contributed by atoms with E-state index >= 15 is 0 Å². The summed E-state index contributed by atoms with van der Waals surface area (Å²) >= 11 is 0. The average molecular weight is 334 g/mol. The molecule has 1 N–H and O–H groups in total. The van der Waals surface area contributed by atoms with E-state index in [1.807, 2.05) is 4.90 Å². The Kier molecular flexibility index (Phi) is 5.45. The third-order valence-corrected chi connectivity index (χ3v) is 3.81. The first-order valence-corrected chi connectivity index (χ1v) is 7.37. The molecule has 10 heteroatoms. The fourth-order valence-electron chi connectivity index (χ4n) is 2.43. The standard InChI is InChI=1S/C13H21F3N6O/c1-9(13(14,15)16)21-4-6-22(7-5-21)12(17-3)18-8-11-19-10(2)20-23-11/h9H,4-8H2,1-3H3,(H,17,18). The first-order valence-electron chi connectivity index (χ1n) is 7.37. The lowest BCUT2D eigenvalue weighted by molar-refractivity contribution is -0.181. The minimum absolute atomic E-state index is 0.326. The topological polar surface area (TPSA) is 69.8 Å². The molecule has 2 rings (SSSR count). The van der Waals surface area contributed by atoms with Gasteiger partial charge in [-0.05, 0) is 13.8 Å². The minimum atomic E-state index is -4.20. The number of rotatable bonds is 3. The molecule has 1 fully saturated rings. The molecule has 2 heterocycles. The van der Waals surface area contributed by atoms with Crippen LogP contribution in [0.4, 0.5) is 13.2 Å². The number of aromatic nitrogens is 2. The Morgan fingerprint density at radius 2 is 2.00 bits per heavy atom. The summed E-state index contributed by atoms with van der Waals surface area (Å²) in [6.45, 7) is 4.87. The molecule has 1 aromatic heterocycles. The fourth-order valence-corrected chi connectivity index (χ4v) is 2.43. The van der Waals surface area contributed by atoms with Crippen LogP contribution in [0.25, 0.3) is 0 Å². The molecule has 1 aromatic rings. The van der Waals surface area contributed by atoms with E-state index in [0.717, 1.165) is 0 Å². The van der Waals surface area contributed by atoms with E-state index in [4.69, 9.17) is 4.52 Å². The number of piperazine rings is 1. The molecule has 0 amide bonds. The molecule has 1 atom stereocenters. The van der Waals surface area contributed by atoms with Crippen molar-refractivity contribution < 1.29 is 17.7 Å². The lowest BCUT2D eigenvalue weighted by Crippen LogP contribution is -2.56. The molecule has 0 aliphatic carbocycles. The van der Waals surface area contributed by atoms with E-state index in [1.54, 1.807) is 14.0 Å². The number of hydrogen-bond acceptors (Lipinski definition) is 5. The molecule has 7 nitrogen and oxygen atoms in total. The number of halogens is 3. The van der Waals surface area contributed by atoms with Crippen molar-refractivity contribution in [3.63, 3.8) is 0 Å². The van der Waals surface area contributed by atoms with Crippen molar-refractivity contribution in [2.75, 3.05) is 33.2 Å². The van der Waals surface area contributed by atoms with Crippen molar-refractivity contribution in [1.82, 2.24) is 25.3 Å². The second kappa shape index (κ2) is 7.16. The summed E-state index contributed by atoms with van der Waals surface area (Å²) in [5.41, 5.74) is 0. The van der Waals surface area contributed by atoms with E-state index in [9.17, 15) is 13.2 Å². The lowest BCUT2D eigenvalue weighted by Gasteiger charge is -2.39. The largest absolute Gasteiger partial charge is 0.403 e. The number of hydrogen-bond donors (Lipinski definition) is 1. The van der Waals surface area contributed by atoms with Gasteiger partial charge in [-0.2, -0.15) is 18.2 Å². The molecule has 0 spiro atoms. The maximum Gasteiger partial charge on any atom is 0.403 e. The first-order chi connectivity index (χ1) is 10.8. The summed E-state index contributed by atoms with van der Waals surface area (Å²) < 4.78 is 43.3. The molecular weight excluding hydrogens is 313 g/mol. The second-order valence-electron chi connectivity index (χ2n) is 5.38. The van der Waals surface area contributed by atoms with Crippen molar-refractivity contribution in [3.05, 3.63) is 11.7 Å². The highest BCUT2D eigenvalue weighted by molar-refractivity contribution is 5.79. The molecule has 1 saturated heterocycles. The summed E-state index contributed by atoms with van der Waals surface area (Å²) in [6.07, 6.45) is -4.20. The Morgan fingerprint density at radius 3 is 2.48 bits per heavy atom. The summed E-state index contributed by atoms with van der Waals surface area (Å²) in [7, 11) is 1.63. The van der Waals surface area contributed by atoms with Gasteiger partial charge in [0.1, 0.15) is 6.04 Å². The van der Waals surface area contributed by atoms with E-state index in [0.29, 0.717) is 50.4 Å². The van der Waals surface area contributed by atoms with Crippen LogP contribution in [0.15, 0.2) is 9.52 Å². The third kappa shape index (κ3) is 4.57. The van der Waals surface area contributed by atoms with Crippen LogP contribution in [0, 0.1) is 6.92 Å². The van der Waals surface area contributed by atoms with Crippen molar-refractivity contribution in [2.45, 2.75) is 32.6 Å². The van der Waals surface area contributed by atoms with Crippen LogP contribution < -0.4 is 5.32 Å². The van der Waals surface area contributed by atoms with Gasteiger partial charge in [0.15, 0.2) is 11.8 Å². The Hall–Kier alpha value is -1.84. The Labute approximate surface area is 132 Å². The Balaban J connectivity index is 1.85. The van der Waals surface area contributed by atoms with Crippen LogP contribution in [-0.4, -0.2) is 71.3 Å². The van der Waals surface area contributed by atoms with E-state index in [1.165, 1.54) is 11.8 Å². The SMILES string of the molecule is CN=C(NCc1nc(C)no1)N1CCN(C(C)C(F)(F)F)CC1. The van der Waals surface area contributed by atoms with Gasteiger partial charge < -0.3 is 14.7 Å². The van der Waals surface area contributed by atoms with Gasteiger partial charge in [0.25, 0.3) is 0 Å². The van der Waals surface area contributed by atoms with Crippen LogP contribution in [0.2, 0.25) is 0 Å². The maximum atomic E-state index is 12.8. The van der Waals surface area contributed by atoms with Gasteiger partial charge >= 0.3 is 6.18 Å². The van der Waals surface area contributed by atoms with Gasteiger partial charge in [0, 0.05) is 33.2 Å². The molecule has 130 valence electrons. The van der Waals surface area contributed by atoms with Crippen LogP contribution in [0.3, 0.4) is 0 Å². The Morgan fingerprint density at radius 1 is 1.35 bits per heavy atom. The smallest absolute Gasteiger partial charge is 0.347 e. The number of alkyl halides is 3. The molecule has 1 aliphatic heterocycles. The van der Waals surface area contributed by atoms with Gasteiger partial charge in [0.2, 0.25) is 5.89 Å². The summed E-state index contributed by atoms with van der Waals surface area (Å²) in [4.78, 5) is 11.6. The zero-order chi connectivity index (χ0) is 17.0. The molecular formula is C13H21F3N6O. The first kappa shape index (κ1) is 17.5. The number of nitrogens with zero attached hydrogens (tertiary/aromatic N) is 5. The number of aryl methyl sites for hydroxylation is 1. The van der Waals surface area contributed by atoms with Crippen LogP contribution in [-0.2, 0) is 6.54 Å². The normalized spacial score (nSPS) is 19.0. The van der Waals surface area contributed by atoms with Crippen LogP contribution in [0.5, 0.6) is 0 Å². The van der Waals surface area contributed by atoms with Gasteiger partial charge in [-0.15, -0.1) is 0 Å². The lowest BCUT2D eigenvalue weighted by atomic mass is 10.2. The molecule has 0 radical (unpaired) electrons. The number of guanidine groups is 1. The van der Waals surface area contributed by atoms with Gasteiger partial charge in [0.05, 0.1) is 6.54 Å². The summed E-state index contributed by atoms with van der Waals surface area (Å²) in [5.74, 6) is 1.60. The zero-order valence-electron chi connectivity index (χ0n) is 13.4. The van der Waals surface area contributed by atoms with E-state index in [-0.39, 0.29) is 0 Å². The highest BCUT2D eigenvalue weighted by Crippen LogP contribution is 2.25. The minimum Gasteiger partial charge on any atom is -0.347 e. The van der Waals surface area contributed by atoms with Crippen molar-refractivity contribution in [3.8, 4) is 0 Å². The quantitative estimate of drug-likeness (QED) is 0.657. The van der Waals surface area contributed by atoms with Crippen molar-refractivity contribution in [2.24, 2.45) is 4.99 Å². The fraction of sp³-hybridized carbons (Fsp3) is 0.769. The highest BCUT2D eigenvalue weighted by atomic mass is 19.4. The van der Waals surface area contributed by atoms with E-state index in [2.05, 4.69) is 20.4 Å². The second-order valence-corrected chi connectivity index (χ2v) is 5.38. The Bertz CT molecular complexity index is 536. The van der Waals surface area contributed by atoms with Gasteiger partial charge in [-0.25, -0.2) is 0 Å².